The second kappa shape index (κ2) is 13.2. The minimum atomic E-state index is -2.33. The van der Waals surface area contributed by atoms with E-state index in [0.29, 0.717) is 12.5 Å². The van der Waals surface area contributed by atoms with Crippen LogP contribution >= 0.6 is 23.5 Å². The molecule has 0 aliphatic carbocycles. The molecule has 4 aromatic carbocycles. The molecule has 0 amide bonds. The second-order valence-corrected chi connectivity index (χ2v) is 18.4. The number of rotatable bonds is 11. The molecule has 1 saturated heterocycles. The summed E-state index contributed by atoms with van der Waals surface area (Å²) in [6.45, 7) is 3.86. The Morgan fingerprint density at radius 3 is 1.68 bits per heavy atom. The second-order valence-electron chi connectivity index (χ2n) is 10.4. The van der Waals surface area contributed by atoms with E-state index >= 15 is 0 Å². The molecule has 4 heteroatoms. The molecular formula is C34H38OS2Si. The Bertz CT molecular complexity index is 1190. The number of hydrogen-bond acceptors (Lipinski definition) is 3. The Kier molecular flexibility index (Phi) is 9.50. The third-order valence-corrected chi connectivity index (χ3v) is 18.9. The summed E-state index contributed by atoms with van der Waals surface area (Å²) in [7, 11) is -2.33. The summed E-state index contributed by atoms with van der Waals surface area (Å²) in [5, 5.41) is 3.11. The van der Waals surface area contributed by atoms with Crippen LogP contribution in [-0.4, -0.2) is 29.9 Å². The molecule has 4 aromatic rings. The third-order valence-electron chi connectivity index (χ3n) is 7.59. The van der Waals surface area contributed by atoms with Gasteiger partial charge >= 0.3 is 0 Å². The van der Waals surface area contributed by atoms with Gasteiger partial charge in [0.15, 0.2) is 0 Å². The van der Waals surface area contributed by atoms with Crippen LogP contribution in [0, 0.1) is 5.92 Å². The largest absolute Gasteiger partial charge is 0.377 e. The van der Waals surface area contributed by atoms with Crippen molar-refractivity contribution in [2.45, 2.75) is 36.1 Å². The van der Waals surface area contributed by atoms with Crippen LogP contribution in [0.2, 0.25) is 6.04 Å². The molecule has 0 spiro atoms. The first-order chi connectivity index (χ1) is 18.7. The van der Waals surface area contributed by atoms with Crippen molar-refractivity contribution in [3.63, 3.8) is 0 Å². The molecule has 0 radical (unpaired) electrons. The molecule has 0 unspecified atom stereocenters. The first-order valence-electron chi connectivity index (χ1n) is 13.8. The lowest BCUT2D eigenvalue weighted by atomic mass is 10.2. The summed E-state index contributed by atoms with van der Waals surface area (Å²) < 4.78 is 6.46. The lowest BCUT2D eigenvalue weighted by molar-refractivity contribution is 0.0967. The molecule has 0 N–H and O–H groups in total. The highest BCUT2D eigenvalue weighted by molar-refractivity contribution is 8.21. The van der Waals surface area contributed by atoms with Gasteiger partial charge in [-0.1, -0.05) is 139 Å². The van der Waals surface area contributed by atoms with Crippen LogP contribution in [0.4, 0.5) is 0 Å². The van der Waals surface area contributed by atoms with Crippen LogP contribution in [0.15, 0.2) is 121 Å². The molecule has 196 valence electrons. The van der Waals surface area contributed by atoms with Crippen LogP contribution in [0.1, 0.15) is 24.5 Å². The molecule has 1 atom stereocenters. The summed E-state index contributed by atoms with van der Waals surface area (Å²) in [5.41, 5.74) is 2.69. The SMILES string of the molecule is C[C@H](COCc1ccccc1)C[Si](c1ccccc1)(c1ccccc1)C1(Cc2ccccc2)SCCCS1. The average molecular weight is 555 g/mol. The van der Waals surface area contributed by atoms with Gasteiger partial charge in [0.25, 0.3) is 0 Å². The minimum absolute atomic E-state index is 0.114. The van der Waals surface area contributed by atoms with Gasteiger partial charge in [-0.2, -0.15) is 0 Å². The quantitative estimate of drug-likeness (QED) is 0.178. The summed E-state index contributed by atoms with van der Waals surface area (Å²) >= 11 is 4.50. The van der Waals surface area contributed by atoms with E-state index in [0.717, 1.165) is 13.0 Å². The van der Waals surface area contributed by atoms with E-state index in [4.69, 9.17) is 4.74 Å². The fourth-order valence-corrected chi connectivity index (χ4v) is 18.4. The van der Waals surface area contributed by atoms with E-state index < -0.39 is 8.07 Å². The maximum atomic E-state index is 6.35. The van der Waals surface area contributed by atoms with E-state index in [1.807, 2.05) is 0 Å². The number of ether oxygens (including phenoxy) is 1. The Balaban J connectivity index is 1.57. The average Bonchev–Trinajstić information content (AvgIpc) is 2.98. The van der Waals surface area contributed by atoms with Gasteiger partial charge in [0.2, 0.25) is 0 Å². The Morgan fingerprint density at radius 2 is 1.16 bits per heavy atom. The van der Waals surface area contributed by atoms with Gasteiger partial charge in [-0.15, -0.1) is 23.5 Å². The fourth-order valence-electron chi connectivity index (χ4n) is 5.92. The van der Waals surface area contributed by atoms with Crippen molar-refractivity contribution in [2.75, 3.05) is 18.1 Å². The van der Waals surface area contributed by atoms with Crippen molar-refractivity contribution in [3.05, 3.63) is 132 Å². The van der Waals surface area contributed by atoms with E-state index in [1.54, 1.807) is 10.4 Å². The van der Waals surface area contributed by atoms with E-state index in [2.05, 4.69) is 152 Å². The molecule has 38 heavy (non-hydrogen) atoms. The Hall–Kier alpha value is -2.24. The molecule has 0 saturated carbocycles. The summed E-state index contributed by atoms with van der Waals surface area (Å²) in [6.07, 6.45) is 2.38. The lowest BCUT2D eigenvalue weighted by Crippen LogP contribution is -2.72. The summed E-state index contributed by atoms with van der Waals surface area (Å²) in [6, 6.07) is 46.0. The predicted octanol–water partition coefficient (Wildman–Crippen LogP) is 7.45. The predicted molar refractivity (Wildman–Crippen MR) is 170 cm³/mol. The molecule has 1 fully saturated rings. The normalized spacial score (nSPS) is 16.1. The van der Waals surface area contributed by atoms with Crippen molar-refractivity contribution < 1.29 is 4.74 Å². The van der Waals surface area contributed by atoms with E-state index in [9.17, 15) is 0 Å². The summed E-state index contributed by atoms with van der Waals surface area (Å²) in [5.74, 6) is 2.90. The van der Waals surface area contributed by atoms with Crippen LogP contribution in [0.5, 0.6) is 0 Å². The first-order valence-corrected chi connectivity index (χ1v) is 17.9. The zero-order chi connectivity index (χ0) is 26.1. The third kappa shape index (κ3) is 6.15. The van der Waals surface area contributed by atoms with Gasteiger partial charge in [0.05, 0.1) is 10.3 Å². The zero-order valence-electron chi connectivity index (χ0n) is 22.3. The number of thioether (sulfide) groups is 2. The fraction of sp³-hybridized carbons (Fsp3) is 0.294. The van der Waals surface area contributed by atoms with E-state index in [1.165, 1.54) is 35.1 Å². The van der Waals surface area contributed by atoms with Crippen molar-refractivity contribution in [1.82, 2.24) is 0 Å². The molecular weight excluding hydrogens is 517 g/mol. The van der Waals surface area contributed by atoms with Crippen molar-refractivity contribution in [2.24, 2.45) is 5.92 Å². The lowest BCUT2D eigenvalue weighted by Gasteiger charge is -2.52. The van der Waals surface area contributed by atoms with Crippen molar-refractivity contribution in [3.8, 4) is 0 Å². The molecule has 0 aromatic heterocycles. The van der Waals surface area contributed by atoms with Crippen molar-refractivity contribution >= 4 is 42.0 Å². The van der Waals surface area contributed by atoms with Crippen LogP contribution in [0.3, 0.4) is 0 Å². The monoisotopic (exact) mass is 554 g/mol. The summed E-state index contributed by atoms with van der Waals surface area (Å²) in [4.78, 5) is 0. The van der Waals surface area contributed by atoms with Gasteiger partial charge < -0.3 is 4.74 Å². The minimum Gasteiger partial charge on any atom is -0.377 e. The zero-order valence-corrected chi connectivity index (χ0v) is 24.9. The smallest absolute Gasteiger partial charge is 0.146 e. The molecule has 1 nitrogen and oxygen atoms in total. The van der Waals surface area contributed by atoms with Gasteiger partial charge in [0, 0.05) is 6.61 Å². The number of benzene rings is 4. The molecule has 1 aliphatic heterocycles. The van der Waals surface area contributed by atoms with Gasteiger partial charge in [-0.25, -0.2) is 0 Å². The van der Waals surface area contributed by atoms with Gasteiger partial charge in [0.1, 0.15) is 8.07 Å². The highest BCUT2D eigenvalue weighted by Crippen LogP contribution is 2.52. The molecule has 1 heterocycles. The molecule has 1 aliphatic rings. The topological polar surface area (TPSA) is 9.23 Å². The van der Waals surface area contributed by atoms with E-state index in [-0.39, 0.29) is 3.70 Å². The Morgan fingerprint density at radius 1 is 0.684 bits per heavy atom. The van der Waals surface area contributed by atoms with Gasteiger partial charge in [-0.05, 0) is 47.4 Å². The van der Waals surface area contributed by atoms with Crippen molar-refractivity contribution in [1.29, 1.82) is 0 Å². The molecule has 5 rings (SSSR count). The van der Waals surface area contributed by atoms with Crippen LogP contribution in [-0.2, 0) is 17.8 Å². The van der Waals surface area contributed by atoms with Crippen LogP contribution in [0.25, 0.3) is 0 Å². The highest BCUT2D eigenvalue weighted by Gasteiger charge is 2.57. The maximum Gasteiger partial charge on any atom is 0.146 e. The standard InChI is InChI=1S/C34H38OS2Si/c1-29(26-35-27-31-17-8-3-9-18-31)28-38(32-19-10-4-11-20-32,33-21-12-5-13-22-33)34(36-23-14-24-37-34)25-30-15-6-2-7-16-30/h2-13,15-22,29H,14,23-28H2,1H3/t29-/m1/s1. The highest BCUT2D eigenvalue weighted by atomic mass is 32.2. The van der Waals surface area contributed by atoms with Gasteiger partial charge in [-0.3, -0.25) is 0 Å². The number of hydrogen-bond donors (Lipinski definition) is 0. The van der Waals surface area contributed by atoms with Crippen LogP contribution < -0.4 is 10.4 Å². The molecule has 0 bridgehead atoms. The first kappa shape index (κ1) is 27.3. The maximum absolute atomic E-state index is 6.35. The Labute approximate surface area is 238 Å².